The van der Waals surface area contributed by atoms with E-state index in [9.17, 15) is 9.59 Å². The van der Waals surface area contributed by atoms with Crippen molar-refractivity contribution in [3.05, 3.63) is 11.3 Å². The van der Waals surface area contributed by atoms with E-state index in [-0.39, 0.29) is 5.91 Å². The van der Waals surface area contributed by atoms with Crippen LogP contribution in [0.5, 0.6) is 0 Å². The number of amides is 2. The zero-order valence-corrected chi connectivity index (χ0v) is 8.04. The molecule has 0 aromatic heterocycles. The number of hydrazine groups is 1. The molecule has 14 heavy (non-hydrogen) atoms. The van der Waals surface area contributed by atoms with Gasteiger partial charge in [0, 0.05) is 12.2 Å². The van der Waals surface area contributed by atoms with Gasteiger partial charge in [-0.3, -0.25) is 20.0 Å². The molecular weight excluding hydrogens is 182 g/mol. The molecule has 0 aliphatic carbocycles. The first-order chi connectivity index (χ1) is 6.61. The Labute approximate surface area is 81.9 Å². The molecule has 76 valence electrons. The van der Waals surface area contributed by atoms with Gasteiger partial charge in [-0.15, -0.1) is 0 Å². The van der Waals surface area contributed by atoms with Gasteiger partial charge in [-0.25, -0.2) is 0 Å². The fraction of sp³-hybridized carbons (Fsp3) is 0.556. The Hall–Kier alpha value is -1.52. The lowest BCUT2D eigenvalue weighted by atomic mass is 9.95. The van der Waals surface area contributed by atoms with E-state index >= 15 is 0 Å². The van der Waals surface area contributed by atoms with E-state index in [1.54, 1.807) is 0 Å². The van der Waals surface area contributed by atoms with Crippen molar-refractivity contribution in [1.82, 2.24) is 10.4 Å². The van der Waals surface area contributed by atoms with Crippen molar-refractivity contribution >= 4 is 11.8 Å². The van der Waals surface area contributed by atoms with Crippen molar-refractivity contribution in [3.63, 3.8) is 0 Å². The maximum Gasteiger partial charge on any atom is 0.255 e. The van der Waals surface area contributed by atoms with Crippen molar-refractivity contribution < 1.29 is 9.59 Å². The first-order valence-corrected chi connectivity index (χ1v) is 4.68. The van der Waals surface area contributed by atoms with Gasteiger partial charge < -0.3 is 5.73 Å². The molecule has 1 fully saturated rings. The third-order valence-corrected chi connectivity index (χ3v) is 2.80. The Morgan fingerprint density at radius 1 is 1.64 bits per heavy atom. The second-order valence-corrected chi connectivity index (χ2v) is 3.70. The summed E-state index contributed by atoms with van der Waals surface area (Å²) in [5, 5.41) is 1.82. The van der Waals surface area contributed by atoms with Gasteiger partial charge >= 0.3 is 0 Å². The van der Waals surface area contributed by atoms with Crippen LogP contribution in [0.1, 0.15) is 19.8 Å². The normalized spacial score (nSPS) is 26.2. The lowest BCUT2D eigenvalue weighted by Gasteiger charge is -2.31. The van der Waals surface area contributed by atoms with Gasteiger partial charge in [0.25, 0.3) is 5.91 Å². The highest BCUT2D eigenvalue weighted by atomic mass is 16.2. The first-order valence-electron chi connectivity index (χ1n) is 4.68. The predicted octanol–water partition coefficient (Wildman–Crippen LogP) is -0.497. The summed E-state index contributed by atoms with van der Waals surface area (Å²) < 4.78 is 0. The Morgan fingerprint density at radius 2 is 2.36 bits per heavy atom. The minimum Gasteiger partial charge on any atom is -0.369 e. The quantitative estimate of drug-likeness (QED) is 0.554. The summed E-state index contributed by atoms with van der Waals surface area (Å²) in [4.78, 5) is 22.6. The fourth-order valence-electron chi connectivity index (χ4n) is 2.11. The van der Waals surface area contributed by atoms with Gasteiger partial charge in [-0.05, 0) is 25.3 Å². The summed E-state index contributed by atoms with van der Waals surface area (Å²) >= 11 is 0. The number of hydrogen-bond acceptors (Lipinski definition) is 3. The van der Waals surface area contributed by atoms with Gasteiger partial charge in [0.15, 0.2) is 0 Å². The molecule has 0 aromatic rings. The molecule has 3 N–H and O–H groups in total. The Kier molecular flexibility index (Phi) is 1.94. The maximum atomic E-state index is 11.5. The molecule has 2 heterocycles. The van der Waals surface area contributed by atoms with Gasteiger partial charge in [0.1, 0.15) is 5.92 Å². The number of nitrogens with two attached hydrogens (primary N) is 1. The summed E-state index contributed by atoms with van der Waals surface area (Å²) in [5.41, 5.74) is 9.71. The molecule has 2 aliphatic rings. The number of allylic oxidation sites excluding steroid dienone is 1. The minimum atomic E-state index is -0.778. The molecule has 0 radical (unpaired) electrons. The molecule has 5 heteroatoms. The Morgan fingerprint density at radius 3 is 3.00 bits per heavy atom. The SMILES string of the molecule is CC1=C2CCCN2NC(=O)C1C(N)=O. The number of nitrogens with one attached hydrogen (secondary N) is 1. The highest BCUT2D eigenvalue weighted by Crippen LogP contribution is 2.29. The van der Waals surface area contributed by atoms with E-state index in [0.717, 1.165) is 30.7 Å². The molecule has 0 saturated carbocycles. The number of carbonyl (C=O) groups excluding carboxylic acids is 2. The van der Waals surface area contributed by atoms with E-state index in [1.807, 2.05) is 11.9 Å². The van der Waals surface area contributed by atoms with E-state index < -0.39 is 11.8 Å². The van der Waals surface area contributed by atoms with E-state index in [4.69, 9.17) is 5.73 Å². The van der Waals surface area contributed by atoms with Gasteiger partial charge in [-0.1, -0.05) is 0 Å². The monoisotopic (exact) mass is 195 g/mol. The maximum absolute atomic E-state index is 11.5. The van der Waals surface area contributed by atoms with Crippen LogP contribution in [-0.2, 0) is 9.59 Å². The number of nitrogens with zero attached hydrogens (tertiary/aromatic N) is 1. The average Bonchev–Trinajstić information content (AvgIpc) is 2.50. The summed E-state index contributed by atoms with van der Waals surface area (Å²) in [5.74, 6) is -1.65. The van der Waals surface area contributed by atoms with Crippen LogP contribution in [0.25, 0.3) is 0 Å². The van der Waals surface area contributed by atoms with Crippen molar-refractivity contribution in [2.24, 2.45) is 11.7 Å². The van der Waals surface area contributed by atoms with E-state index in [0.29, 0.717) is 0 Å². The molecule has 5 nitrogen and oxygen atoms in total. The molecular formula is C9H13N3O2. The van der Waals surface area contributed by atoms with E-state index in [2.05, 4.69) is 5.43 Å². The molecule has 0 bridgehead atoms. The van der Waals surface area contributed by atoms with Crippen LogP contribution in [0.4, 0.5) is 0 Å². The standard InChI is InChI=1S/C9H13N3O2/c1-5-6-3-2-4-12(6)11-9(14)7(5)8(10)13/h7H,2-4H2,1H3,(H2,10,13)(H,11,14). The molecule has 1 unspecified atom stereocenters. The number of carbonyl (C=O) groups is 2. The number of fused-ring (bicyclic) bond motifs is 1. The molecule has 0 aromatic carbocycles. The van der Waals surface area contributed by atoms with Gasteiger partial charge in [0.05, 0.1) is 0 Å². The lowest BCUT2D eigenvalue weighted by molar-refractivity contribution is -0.135. The van der Waals surface area contributed by atoms with Crippen LogP contribution < -0.4 is 11.2 Å². The molecule has 0 spiro atoms. The highest BCUT2D eigenvalue weighted by molar-refractivity contribution is 6.03. The number of rotatable bonds is 1. The van der Waals surface area contributed by atoms with Crippen LogP contribution in [0.15, 0.2) is 11.3 Å². The first kappa shape index (κ1) is 9.05. The zero-order valence-electron chi connectivity index (χ0n) is 8.04. The van der Waals surface area contributed by atoms with Crippen LogP contribution in [0, 0.1) is 5.92 Å². The average molecular weight is 195 g/mol. The second kappa shape index (κ2) is 3.01. The number of hydrogen-bond donors (Lipinski definition) is 2. The van der Waals surface area contributed by atoms with Crippen molar-refractivity contribution in [2.45, 2.75) is 19.8 Å². The zero-order chi connectivity index (χ0) is 10.3. The van der Waals surface area contributed by atoms with Crippen molar-refractivity contribution in [3.8, 4) is 0 Å². The molecule has 2 aliphatic heterocycles. The van der Waals surface area contributed by atoms with E-state index in [1.165, 1.54) is 0 Å². The predicted molar refractivity (Wildman–Crippen MR) is 49.5 cm³/mol. The summed E-state index contributed by atoms with van der Waals surface area (Å²) in [6, 6.07) is 0. The summed E-state index contributed by atoms with van der Waals surface area (Å²) in [6.45, 7) is 2.63. The molecule has 2 amide bonds. The minimum absolute atomic E-state index is 0.305. The van der Waals surface area contributed by atoms with Crippen LogP contribution in [-0.4, -0.2) is 23.4 Å². The third kappa shape index (κ3) is 1.16. The molecule has 2 rings (SSSR count). The van der Waals surface area contributed by atoms with Crippen LogP contribution >= 0.6 is 0 Å². The largest absolute Gasteiger partial charge is 0.369 e. The summed E-state index contributed by atoms with van der Waals surface area (Å²) in [6.07, 6.45) is 1.92. The van der Waals surface area contributed by atoms with Crippen LogP contribution in [0.3, 0.4) is 0 Å². The fourth-order valence-corrected chi connectivity index (χ4v) is 2.11. The third-order valence-electron chi connectivity index (χ3n) is 2.80. The van der Waals surface area contributed by atoms with Gasteiger partial charge in [-0.2, -0.15) is 0 Å². The smallest absolute Gasteiger partial charge is 0.255 e. The van der Waals surface area contributed by atoms with Crippen molar-refractivity contribution in [1.29, 1.82) is 0 Å². The Balaban J connectivity index is 2.40. The molecule has 1 atom stereocenters. The van der Waals surface area contributed by atoms with Crippen molar-refractivity contribution in [2.75, 3.05) is 6.54 Å². The topological polar surface area (TPSA) is 75.4 Å². The highest BCUT2D eigenvalue weighted by Gasteiger charge is 2.36. The van der Waals surface area contributed by atoms with Gasteiger partial charge in [0.2, 0.25) is 5.91 Å². The lowest BCUT2D eigenvalue weighted by Crippen LogP contribution is -2.50. The number of primary amides is 1. The second-order valence-electron chi connectivity index (χ2n) is 3.70. The summed E-state index contributed by atoms with van der Waals surface area (Å²) in [7, 11) is 0. The van der Waals surface area contributed by atoms with Crippen LogP contribution in [0.2, 0.25) is 0 Å². The Bertz CT molecular complexity index is 335. The molecule has 1 saturated heterocycles.